The Morgan fingerprint density at radius 3 is 0.971 bits per heavy atom. The molecule has 3 atom stereocenters. The van der Waals surface area contributed by atoms with Crippen LogP contribution in [0.2, 0.25) is 0 Å². The molecule has 0 saturated carbocycles. The van der Waals surface area contributed by atoms with Gasteiger partial charge in [-0.3, -0.25) is 14.0 Å². The number of nitrogens with zero attached hydrogens (tertiary/aromatic N) is 15. The summed E-state index contributed by atoms with van der Waals surface area (Å²) >= 11 is 10.8. The second kappa shape index (κ2) is 19.9. The Balaban J connectivity index is 0.000000120. The van der Waals surface area contributed by atoms with Crippen LogP contribution < -0.4 is 33.2 Å². The van der Waals surface area contributed by atoms with Crippen LogP contribution in [0.15, 0.2) is 69.2 Å². The molecule has 3 saturated heterocycles. The number of nitrogens with two attached hydrogens (primary N) is 3. The van der Waals surface area contributed by atoms with Crippen LogP contribution in [-0.2, 0) is 21.1 Å². The van der Waals surface area contributed by atoms with Crippen LogP contribution in [0.25, 0.3) is 50.3 Å². The lowest BCUT2D eigenvalue weighted by Gasteiger charge is -2.23. The SMILES string of the molecule is Cn1cc(-c2cnn3c(N)c(Br)c(C4CCCNC4)nc23)cn1.Cn1cc(-c2cnn3c(N)c(Br)c(C4CCCNC4)nc23)cn1.Cn1cc(-c2cnn3c(N)c(Br)c(C4CCCNC4)nc23)cn1. The van der Waals surface area contributed by atoms with E-state index in [4.69, 9.17) is 32.2 Å². The molecule has 24 heteroatoms. The van der Waals surface area contributed by atoms with Crippen molar-refractivity contribution in [2.45, 2.75) is 56.3 Å². The third kappa shape index (κ3) is 9.24. The number of hydrogen-bond acceptors (Lipinski definition) is 15. The highest BCUT2D eigenvalue weighted by Crippen LogP contribution is 2.38. The predicted octanol–water partition coefficient (Wildman–Crippen LogP) is 5.82. The van der Waals surface area contributed by atoms with Crippen molar-refractivity contribution in [3.8, 4) is 33.4 Å². The molecular weight excluding hydrogens is 1070 g/mol. The number of fused-ring (bicyclic) bond motifs is 3. The van der Waals surface area contributed by atoms with E-state index in [-0.39, 0.29) is 0 Å². The minimum atomic E-state index is 0.363. The molecule has 3 aliphatic rings. The molecule has 0 bridgehead atoms. The zero-order chi connectivity index (χ0) is 47.9. The number of piperidine rings is 3. The smallest absolute Gasteiger partial charge is 0.165 e. The van der Waals surface area contributed by atoms with Gasteiger partial charge in [-0.1, -0.05) is 0 Å². The zero-order valence-corrected chi connectivity index (χ0v) is 43.2. The van der Waals surface area contributed by atoms with Crippen molar-refractivity contribution in [1.82, 2.24) is 89.1 Å². The van der Waals surface area contributed by atoms with E-state index in [9.17, 15) is 0 Å². The largest absolute Gasteiger partial charge is 0.383 e. The van der Waals surface area contributed by atoms with Gasteiger partial charge in [0.25, 0.3) is 0 Å². The van der Waals surface area contributed by atoms with Gasteiger partial charge in [0.1, 0.15) is 17.5 Å². The molecule has 3 aliphatic heterocycles. The Labute approximate surface area is 422 Å². The average Bonchev–Trinajstić information content (AvgIpc) is 4.25. The molecule has 0 amide bonds. The van der Waals surface area contributed by atoms with Crippen LogP contribution in [0.3, 0.4) is 0 Å². The van der Waals surface area contributed by atoms with E-state index >= 15 is 0 Å². The topological polar surface area (TPSA) is 258 Å². The van der Waals surface area contributed by atoms with Crippen molar-refractivity contribution >= 4 is 82.2 Å². The van der Waals surface area contributed by atoms with Gasteiger partial charge in [0.05, 0.1) is 67.7 Å². The molecule has 0 radical (unpaired) electrons. The number of halogens is 3. The standard InChI is InChI=1S/3C15H18BrN7/c3*1-22-8-10(6-19-22)11-7-20-23-14(17)12(16)13(21-15(11)23)9-3-2-4-18-5-9/h3*6-9,18H,2-5,17H2,1H3. The number of anilines is 3. The van der Waals surface area contributed by atoms with Crippen LogP contribution in [0.1, 0.15) is 73.4 Å². The third-order valence-corrected chi connectivity index (χ3v) is 15.5. The lowest BCUT2D eigenvalue weighted by molar-refractivity contribution is 0.453. The number of hydrogen-bond donors (Lipinski definition) is 6. The average molecular weight is 1130 g/mol. The van der Waals surface area contributed by atoms with Crippen molar-refractivity contribution in [1.29, 1.82) is 0 Å². The molecule has 3 fully saturated rings. The van der Waals surface area contributed by atoms with Gasteiger partial charge in [0.2, 0.25) is 0 Å². The number of aromatic nitrogens is 15. The van der Waals surface area contributed by atoms with Gasteiger partial charge in [-0.15, -0.1) is 0 Å². The molecule has 0 aliphatic carbocycles. The Morgan fingerprint density at radius 1 is 0.449 bits per heavy atom. The van der Waals surface area contributed by atoms with Crippen LogP contribution in [0.4, 0.5) is 17.5 Å². The fraction of sp³-hybridized carbons (Fsp3) is 0.400. The molecule has 21 nitrogen and oxygen atoms in total. The minimum absolute atomic E-state index is 0.363. The lowest BCUT2D eigenvalue weighted by Crippen LogP contribution is -2.29. The summed E-state index contributed by atoms with van der Waals surface area (Å²) in [4.78, 5) is 14.7. The maximum Gasteiger partial charge on any atom is 0.165 e. The van der Waals surface area contributed by atoms with Gasteiger partial charge >= 0.3 is 0 Å². The van der Waals surface area contributed by atoms with Crippen LogP contribution >= 0.6 is 47.8 Å². The van der Waals surface area contributed by atoms with Crippen molar-refractivity contribution in [2.75, 3.05) is 56.5 Å². The quantitative estimate of drug-likeness (QED) is 0.115. The molecule has 12 heterocycles. The molecule has 0 aromatic carbocycles. The summed E-state index contributed by atoms with van der Waals surface area (Å²) in [5.74, 6) is 2.85. The van der Waals surface area contributed by atoms with Gasteiger partial charge < -0.3 is 33.2 Å². The lowest BCUT2D eigenvalue weighted by atomic mass is 9.96. The van der Waals surface area contributed by atoms with Crippen LogP contribution in [0, 0.1) is 0 Å². The highest BCUT2D eigenvalue weighted by atomic mass is 79.9. The maximum absolute atomic E-state index is 6.29. The summed E-state index contributed by atoms with van der Waals surface area (Å²) < 4.78 is 12.9. The fourth-order valence-electron chi connectivity index (χ4n) is 9.40. The summed E-state index contributed by atoms with van der Waals surface area (Å²) in [6, 6.07) is 0. The van der Waals surface area contributed by atoms with Crippen molar-refractivity contribution in [3.05, 3.63) is 86.3 Å². The number of nitrogens with one attached hydrogen (secondary N) is 3. The molecule has 9 N–H and O–H groups in total. The first kappa shape index (κ1) is 46.9. The number of aryl methyl sites for hydroxylation is 3. The molecule has 9 aromatic heterocycles. The van der Waals surface area contributed by atoms with Crippen molar-refractivity contribution in [2.24, 2.45) is 21.1 Å². The Morgan fingerprint density at radius 2 is 0.739 bits per heavy atom. The van der Waals surface area contributed by atoms with E-state index in [0.29, 0.717) is 35.2 Å². The second-order valence-electron chi connectivity index (χ2n) is 17.8. The van der Waals surface area contributed by atoms with Crippen molar-refractivity contribution in [3.63, 3.8) is 0 Å². The van der Waals surface area contributed by atoms with E-state index in [0.717, 1.165) is 159 Å². The molecule has 3 unspecified atom stereocenters. The first-order chi connectivity index (χ1) is 33.4. The molecule has 69 heavy (non-hydrogen) atoms. The third-order valence-electron chi connectivity index (χ3n) is 13.0. The van der Waals surface area contributed by atoms with E-state index in [2.05, 4.69) is 94.3 Å². The van der Waals surface area contributed by atoms with Gasteiger partial charge in [-0.2, -0.15) is 44.1 Å². The highest BCUT2D eigenvalue weighted by molar-refractivity contribution is 9.11. The van der Waals surface area contributed by atoms with Gasteiger partial charge in [-0.05, 0) is 106 Å². The summed E-state index contributed by atoms with van der Waals surface area (Å²) in [5, 5.41) is 36.2. The first-order valence-electron chi connectivity index (χ1n) is 23.0. The van der Waals surface area contributed by atoms with E-state index in [1.807, 2.05) is 58.3 Å². The fourth-order valence-corrected chi connectivity index (χ4v) is 11.1. The molecular formula is C45H54Br3N21. The Bertz CT molecular complexity index is 2920. The van der Waals surface area contributed by atoms with Crippen LogP contribution in [0.5, 0.6) is 0 Å². The maximum atomic E-state index is 6.29. The molecule has 9 aromatic rings. The Hall–Kier alpha value is -5.79. The summed E-state index contributed by atoms with van der Waals surface area (Å²) in [7, 11) is 5.69. The summed E-state index contributed by atoms with van der Waals surface area (Å²) in [6.45, 7) is 5.99. The first-order valence-corrected chi connectivity index (χ1v) is 25.4. The molecule has 360 valence electrons. The second-order valence-corrected chi connectivity index (χ2v) is 20.2. The molecule has 12 rings (SSSR count). The van der Waals surface area contributed by atoms with Crippen LogP contribution in [-0.4, -0.2) is 112 Å². The monoisotopic (exact) mass is 1130 g/mol. The Kier molecular flexibility index (Phi) is 13.5. The number of rotatable bonds is 6. The number of nitrogen functional groups attached to an aromatic ring is 3. The van der Waals surface area contributed by atoms with Crippen molar-refractivity contribution < 1.29 is 0 Å². The van der Waals surface area contributed by atoms with E-state index in [1.54, 1.807) is 46.2 Å². The summed E-state index contributed by atoms with van der Waals surface area (Å²) in [6.07, 6.45) is 23.5. The predicted molar refractivity (Wildman–Crippen MR) is 276 cm³/mol. The van der Waals surface area contributed by atoms with Gasteiger partial charge in [0.15, 0.2) is 16.9 Å². The van der Waals surface area contributed by atoms with Gasteiger partial charge in [-0.25, -0.2) is 15.0 Å². The van der Waals surface area contributed by atoms with Gasteiger partial charge in [0, 0.05) is 111 Å². The zero-order valence-electron chi connectivity index (χ0n) is 38.5. The summed E-state index contributed by atoms with van der Waals surface area (Å²) in [5.41, 5.74) is 30.0. The highest BCUT2D eigenvalue weighted by Gasteiger charge is 2.27. The normalized spacial score (nSPS) is 18.6. The molecule has 0 spiro atoms. The van der Waals surface area contributed by atoms with E-state index < -0.39 is 0 Å². The minimum Gasteiger partial charge on any atom is -0.383 e. The van der Waals surface area contributed by atoms with E-state index in [1.165, 1.54) is 0 Å².